The number of nitrogens with one attached hydrogen (secondary N) is 2. The van der Waals surface area contributed by atoms with Crippen LogP contribution in [0.15, 0.2) is 41.3 Å². The molecule has 0 bridgehead atoms. The number of carbonyl (C=O) groups excluding carboxylic acids is 2. The average molecular weight is 473 g/mol. The van der Waals surface area contributed by atoms with Gasteiger partial charge in [0.25, 0.3) is 0 Å². The quantitative estimate of drug-likeness (QED) is 0.476. The van der Waals surface area contributed by atoms with Crippen LogP contribution in [0, 0.1) is 0 Å². The fourth-order valence-corrected chi connectivity index (χ4v) is 3.68. The Balaban J connectivity index is 1.60. The molecule has 2 aromatic rings. The van der Waals surface area contributed by atoms with E-state index in [4.69, 9.17) is 10.2 Å². The number of benzene rings is 1. The Kier molecular flexibility index (Phi) is 7.51. The number of piperazine rings is 1. The van der Waals surface area contributed by atoms with Gasteiger partial charge in [0.05, 0.1) is 5.69 Å². The molecule has 1 fully saturated rings. The maximum Gasteiger partial charge on any atom is 0.405 e. The minimum Gasteiger partial charge on any atom is -0.465 e. The molecule has 34 heavy (non-hydrogen) atoms. The average Bonchev–Trinajstić information content (AvgIpc) is 2.78. The maximum atomic E-state index is 12.6. The third-order valence-electron chi connectivity index (χ3n) is 5.44. The number of nitrogens with zero attached hydrogens (tertiary/aromatic N) is 4. The number of aliphatic hydroxyl groups excluding tert-OH is 1. The van der Waals surface area contributed by atoms with Crippen molar-refractivity contribution in [3.8, 4) is 5.69 Å². The maximum absolute atomic E-state index is 12.6. The Hall–Kier alpha value is -3.93. The van der Waals surface area contributed by atoms with Gasteiger partial charge in [-0.05, 0) is 44.0 Å². The zero-order valence-electron chi connectivity index (χ0n) is 19.0. The van der Waals surface area contributed by atoms with Crippen LogP contribution in [0.5, 0.6) is 0 Å². The van der Waals surface area contributed by atoms with Gasteiger partial charge in [-0.2, -0.15) is 4.98 Å². The van der Waals surface area contributed by atoms with Crippen molar-refractivity contribution in [3.05, 3.63) is 52.6 Å². The second-order valence-corrected chi connectivity index (χ2v) is 8.37. The Morgan fingerprint density at radius 3 is 2.38 bits per heavy atom. The molecule has 3 rings (SSSR count). The number of urea groups is 1. The molecular formula is C22H28N6O6. The van der Waals surface area contributed by atoms with Crippen LogP contribution in [0.25, 0.3) is 5.69 Å². The molecule has 1 saturated heterocycles. The van der Waals surface area contributed by atoms with Crippen molar-refractivity contribution in [1.29, 1.82) is 0 Å². The van der Waals surface area contributed by atoms with Gasteiger partial charge in [-0.3, -0.25) is 14.7 Å². The molecule has 0 unspecified atom stereocenters. The predicted octanol–water partition coefficient (Wildman–Crippen LogP) is 0.490. The lowest BCUT2D eigenvalue weighted by atomic mass is 10.0. The number of aliphatic hydroxyl groups is 1. The van der Waals surface area contributed by atoms with Crippen molar-refractivity contribution in [1.82, 2.24) is 24.7 Å². The van der Waals surface area contributed by atoms with E-state index in [1.165, 1.54) is 40.5 Å². The van der Waals surface area contributed by atoms with Crippen LogP contribution in [0.4, 0.5) is 15.4 Å². The molecule has 0 saturated carbocycles. The van der Waals surface area contributed by atoms with Crippen LogP contribution in [0.3, 0.4) is 0 Å². The number of carboxylic acid groups (broad SMARTS) is 1. The van der Waals surface area contributed by atoms with Crippen LogP contribution in [0.2, 0.25) is 0 Å². The largest absolute Gasteiger partial charge is 0.465 e. The summed E-state index contributed by atoms with van der Waals surface area (Å²) < 4.78 is 1.34. The number of aromatic nitrogens is 2. The SMILES string of the molecule is CC(C)(NC(=O)O)C(=O)N1CCN(C(=O)Nc2ccn(-c3cccc(CCO)c3)c(=O)n2)CC1. The third kappa shape index (κ3) is 5.90. The van der Waals surface area contributed by atoms with Crippen molar-refractivity contribution in [2.45, 2.75) is 25.8 Å². The molecule has 1 aliphatic rings. The van der Waals surface area contributed by atoms with E-state index in [0.29, 0.717) is 12.1 Å². The molecule has 0 spiro atoms. The van der Waals surface area contributed by atoms with Gasteiger partial charge in [0.2, 0.25) is 5.91 Å². The minimum absolute atomic E-state index is 0.000969. The van der Waals surface area contributed by atoms with E-state index in [9.17, 15) is 19.2 Å². The lowest BCUT2D eigenvalue weighted by molar-refractivity contribution is -0.138. The number of hydrogen-bond donors (Lipinski definition) is 4. The lowest BCUT2D eigenvalue weighted by Crippen LogP contribution is -2.60. The van der Waals surface area contributed by atoms with E-state index in [-0.39, 0.29) is 44.5 Å². The first-order chi connectivity index (χ1) is 16.1. The number of carbonyl (C=O) groups is 3. The van der Waals surface area contributed by atoms with Gasteiger partial charge >= 0.3 is 17.8 Å². The summed E-state index contributed by atoms with van der Waals surface area (Å²) in [6.07, 6.45) is 0.692. The van der Waals surface area contributed by atoms with Crippen LogP contribution in [-0.2, 0) is 11.2 Å². The van der Waals surface area contributed by atoms with Crippen LogP contribution in [0.1, 0.15) is 19.4 Å². The molecule has 12 nitrogen and oxygen atoms in total. The summed E-state index contributed by atoms with van der Waals surface area (Å²) in [5, 5.41) is 22.8. The highest BCUT2D eigenvalue weighted by atomic mass is 16.4. The summed E-state index contributed by atoms with van der Waals surface area (Å²) in [6, 6.07) is 8.22. The molecule has 0 aliphatic carbocycles. The van der Waals surface area contributed by atoms with Crippen molar-refractivity contribution in [2.75, 3.05) is 38.1 Å². The number of anilines is 1. The zero-order valence-corrected chi connectivity index (χ0v) is 19.0. The van der Waals surface area contributed by atoms with Crippen LogP contribution < -0.4 is 16.3 Å². The molecule has 0 atom stereocenters. The van der Waals surface area contributed by atoms with E-state index < -0.39 is 23.4 Å². The first-order valence-corrected chi connectivity index (χ1v) is 10.8. The van der Waals surface area contributed by atoms with Crippen LogP contribution >= 0.6 is 0 Å². The summed E-state index contributed by atoms with van der Waals surface area (Å²) in [5.41, 5.74) is -0.365. The fourth-order valence-electron chi connectivity index (χ4n) is 3.68. The second kappa shape index (κ2) is 10.3. The normalized spacial score (nSPS) is 14.0. The fraction of sp³-hybridized carbons (Fsp3) is 0.409. The molecule has 4 N–H and O–H groups in total. The van der Waals surface area contributed by atoms with E-state index in [0.717, 1.165) is 5.56 Å². The van der Waals surface area contributed by atoms with Crippen LogP contribution in [-0.4, -0.2) is 85.9 Å². The van der Waals surface area contributed by atoms with Crippen molar-refractivity contribution < 1.29 is 24.6 Å². The summed E-state index contributed by atoms with van der Waals surface area (Å²) in [5.74, 6) is -0.272. The predicted molar refractivity (Wildman–Crippen MR) is 123 cm³/mol. The molecule has 2 heterocycles. The highest BCUT2D eigenvalue weighted by Gasteiger charge is 2.35. The van der Waals surface area contributed by atoms with Crippen molar-refractivity contribution in [3.63, 3.8) is 0 Å². The Morgan fingerprint density at radius 1 is 1.09 bits per heavy atom. The molecule has 1 aliphatic heterocycles. The topological polar surface area (TPSA) is 157 Å². The van der Waals surface area contributed by atoms with Gasteiger partial charge in [0.1, 0.15) is 11.4 Å². The lowest BCUT2D eigenvalue weighted by Gasteiger charge is -2.38. The summed E-state index contributed by atoms with van der Waals surface area (Å²) in [6.45, 7) is 3.96. The standard InChI is InChI=1S/C22H28N6O6/c1-22(2,25-21(33)34)18(30)26-9-11-27(12-10-26)19(31)23-17-6-8-28(20(32)24-17)16-5-3-4-15(14-16)7-13-29/h3-6,8,14,25,29H,7,9-13H2,1-2H3,(H,33,34)(H,23,24,31,32). The zero-order chi connectivity index (χ0) is 24.9. The van der Waals surface area contributed by atoms with Crippen molar-refractivity contribution in [2.24, 2.45) is 0 Å². The monoisotopic (exact) mass is 472 g/mol. The minimum atomic E-state index is -1.29. The van der Waals surface area contributed by atoms with Gasteiger partial charge in [0.15, 0.2) is 0 Å². The van der Waals surface area contributed by atoms with Gasteiger partial charge in [-0.25, -0.2) is 14.4 Å². The highest BCUT2D eigenvalue weighted by molar-refractivity contribution is 5.90. The van der Waals surface area contributed by atoms with Gasteiger partial charge in [0, 0.05) is 39.0 Å². The van der Waals surface area contributed by atoms with Gasteiger partial charge in [-0.15, -0.1) is 0 Å². The van der Waals surface area contributed by atoms with E-state index >= 15 is 0 Å². The Bertz CT molecular complexity index is 1120. The van der Waals surface area contributed by atoms with Gasteiger partial charge < -0.3 is 25.3 Å². The molecule has 1 aromatic heterocycles. The summed E-state index contributed by atoms with van der Waals surface area (Å²) >= 11 is 0. The highest BCUT2D eigenvalue weighted by Crippen LogP contribution is 2.13. The summed E-state index contributed by atoms with van der Waals surface area (Å²) in [7, 11) is 0. The summed E-state index contributed by atoms with van der Waals surface area (Å²) in [4.78, 5) is 55.5. The molecule has 1 aromatic carbocycles. The number of amides is 4. The van der Waals surface area contributed by atoms with Crippen molar-refractivity contribution >= 4 is 23.8 Å². The molecule has 182 valence electrons. The molecule has 12 heteroatoms. The van der Waals surface area contributed by atoms with E-state index in [1.807, 2.05) is 6.07 Å². The van der Waals surface area contributed by atoms with E-state index in [2.05, 4.69) is 15.6 Å². The molecule has 0 radical (unpaired) electrons. The Labute approximate surface area is 195 Å². The smallest absolute Gasteiger partial charge is 0.405 e. The third-order valence-corrected chi connectivity index (χ3v) is 5.44. The van der Waals surface area contributed by atoms with Gasteiger partial charge in [-0.1, -0.05) is 12.1 Å². The molecule has 4 amide bonds. The number of hydrogen-bond acceptors (Lipinski definition) is 6. The number of rotatable bonds is 6. The Morgan fingerprint density at radius 2 is 1.76 bits per heavy atom. The first-order valence-electron chi connectivity index (χ1n) is 10.8. The first kappa shape index (κ1) is 24.7. The second-order valence-electron chi connectivity index (χ2n) is 8.37. The van der Waals surface area contributed by atoms with E-state index in [1.54, 1.807) is 18.2 Å². The molecular weight excluding hydrogens is 444 g/mol.